The Labute approximate surface area is 114 Å². The van der Waals surface area contributed by atoms with Gasteiger partial charge in [-0.2, -0.15) is 0 Å². The second-order valence-corrected chi connectivity index (χ2v) is 6.80. The summed E-state index contributed by atoms with van der Waals surface area (Å²) in [6, 6.07) is 14.7. The van der Waals surface area contributed by atoms with Crippen molar-refractivity contribution in [3.05, 3.63) is 59.7 Å². The second kappa shape index (κ2) is 5.73. The minimum absolute atomic E-state index is 0.494. The molecule has 0 aliphatic heterocycles. The molecule has 2 nitrogen and oxygen atoms in total. The van der Waals surface area contributed by atoms with Gasteiger partial charge in [0.15, 0.2) is 0 Å². The molecule has 2 aromatic rings. The molecule has 0 spiro atoms. The van der Waals surface area contributed by atoms with Crippen molar-refractivity contribution >= 4 is 18.0 Å². The van der Waals surface area contributed by atoms with Crippen molar-refractivity contribution in [1.29, 1.82) is 0 Å². The van der Waals surface area contributed by atoms with Crippen molar-refractivity contribution in [2.45, 2.75) is 26.7 Å². The minimum Gasteiger partial charge on any atom is -0.338 e. The van der Waals surface area contributed by atoms with Crippen molar-refractivity contribution < 1.29 is 9.46 Å². The van der Waals surface area contributed by atoms with Gasteiger partial charge in [0.25, 0.3) is 7.37 Å². The first-order valence-electron chi connectivity index (χ1n) is 6.59. The van der Waals surface area contributed by atoms with Crippen molar-refractivity contribution in [3.63, 3.8) is 0 Å². The Morgan fingerprint density at radius 2 is 1.11 bits per heavy atom. The van der Waals surface area contributed by atoms with Crippen LogP contribution >= 0.6 is 7.37 Å². The first-order chi connectivity index (χ1) is 9.07. The van der Waals surface area contributed by atoms with E-state index in [1.807, 2.05) is 24.3 Å². The van der Waals surface area contributed by atoms with Crippen LogP contribution in [0.4, 0.5) is 0 Å². The van der Waals surface area contributed by atoms with Gasteiger partial charge in [-0.3, -0.25) is 4.57 Å². The monoisotopic (exact) mass is 274 g/mol. The van der Waals surface area contributed by atoms with Gasteiger partial charge in [0.1, 0.15) is 0 Å². The number of hydrogen-bond donors (Lipinski definition) is 1. The highest BCUT2D eigenvalue weighted by Gasteiger charge is 2.23. The number of aryl methyl sites for hydroxylation is 2. The van der Waals surface area contributed by atoms with Crippen molar-refractivity contribution in [3.8, 4) is 0 Å². The summed E-state index contributed by atoms with van der Waals surface area (Å²) in [5.74, 6) is 0. The fourth-order valence-corrected chi connectivity index (χ4v) is 3.42. The molecule has 0 bridgehead atoms. The normalized spacial score (nSPS) is 11.5. The molecule has 0 aromatic heterocycles. The molecule has 0 atom stereocenters. The third-order valence-electron chi connectivity index (χ3n) is 3.39. The standard InChI is InChI=1S/C16H19O2P/c1-3-13-5-9-15(10-6-13)19(17,18)16-11-7-14(4-2)8-12-16/h5-12H,3-4H2,1-2H3,(H,17,18). The van der Waals surface area contributed by atoms with Crippen LogP contribution in [0.25, 0.3) is 0 Å². The molecule has 0 aliphatic carbocycles. The topological polar surface area (TPSA) is 37.3 Å². The van der Waals surface area contributed by atoms with Gasteiger partial charge in [0.2, 0.25) is 0 Å². The molecule has 0 heterocycles. The number of benzene rings is 2. The van der Waals surface area contributed by atoms with Gasteiger partial charge in [-0.05, 0) is 48.2 Å². The van der Waals surface area contributed by atoms with Gasteiger partial charge in [-0.1, -0.05) is 38.1 Å². The Balaban J connectivity index is 2.36. The average Bonchev–Trinajstić information content (AvgIpc) is 2.47. The lowest BCUT2D eigenvalue weighted by atomic mass is 10.2. The Bertz CT molecular complexity index is 534. The average molecular weight is 274 g/mol. The Kier molecular flexibility index (Phi) is 4.24. The van der Waals surface area contributed by atoms with E-state index in [0.29, 0.717) is 10.6 Å². The molecule has 2 rings (SSSR count). The lowest BCUT2D eigenvalue weighted by Crippen LogP contribution is -2.15. The largest absolute Gasteiger partial charge is 0.338 e. The maximum Gasteiger partial charge on any atom is 0.258 e. The predicted octanol–water partition coefficient (Wildman–Crippen LogP) is 3.03. The maximum absolute atomic E-state index is 12.6. The van der Waals surface area contributed by atoms with E-state index in [2.05, 4.69) is 13.8 Å². The summed E-state index contributed by atoms with van der Waals surface area (Å²) < 4.78 is 12.6. The highest BCUT2D eigenvalue weighted by atomic mass is 31.2. The van der Waals surface area contributed by atoms with Crippen LogP contribution in [0.1, 0.15) is 25.0 Å². The van der Waals surface area contributed by atoms with Crippen molar-refractivity contribution in [2.75, 3.05) is 0 Å². The van der Waals surface area contributed by atoms with Gasteiger partial charge >= 0.3 is 0 Å². The fraction of sp³-hybridized carbons (Fsp3) is 0.250. The van der Waals surface area contributed by atoms with Gasteiger partial charge < -0.3 is 4.89 Å². The van der Waals surface area contributed by atoms with Gasteiger partial charge in [0.05, 0.1) is 0 Å². The number of rotatable bonds is 4. The zero-order valence-corrected chi connectivity index (χ0v) is 12.2. The molecule has 0 amide bonds. The lowest BCUT2D eigenvalue weighted by molar-refractivity contribution is 0.501. The maximum atomic E-state index is 12.6. The molecule has 3 heteroatoms. The van der Waals surface area contributed by atoms with Crippen LogP contribution in [0.2, 0.25) is 0 Å². The zero-order chi connectivity index (χ0) is 13.9. The molecule has 1 N–H and O–H groups in total. The highest BCUT2D eigenvalue weighted by molar-refractivity contribution is 7.73. The van der Waals surface area contributed by atoms with E-state index >= 15 is 0 Å². The summed E-state index contributed by atoms with van der Waals surface area (Å²) >= 11 is 0. The molecule has 0 aliphatic rings. The molecular weight excluding hydrogens is 255 g/mol. The summed E-state index contributed by atoms with van der Waals surface area (Å²) in [6.07, 6.45) is 1.86. The third kappa shape index (κ3) is 2.97. The Hall–Kier alpha value is -1.37. The number of hydrogen-bond acceptors (Lipinski definition) is 1. The third-order valence-corrected chi connectivity index (χ3v) is 5.39. The van der Waals surface area contributed by atoms with Crippen molar-refractivity contribution in [2.24, 2.45) is 0 Å². The second-order valence-electron chi connectivity index (χ2n) is 4.62. The first-order valence-corrected chi connectivity index (χ1v) is 8.25. The molecule has 0 fully saturated rings. The van der Waals surface area contributed by atoms with Crippen molar-refractivity contribution in [1.82, 2.24) is 0 Å². The van der Waals surface area contributed by atoms with Crippen LogP contribution in [0.15, 0.2) is 48.5 Å². The smallest absolute Gasteiger partial charge is 0.258 e. The first kappa shape index (κ1) is 14.0. The molecule has 2 aromatic carbocycles. The molecule has 19 heavy (non-hydrogen) atoms. The van der Waals surface area contributed by atoms with Crippen LogP contribution < -0.4 is 10.6 Å². The summed E-state index contributed by atoms with van der Waals surface area (Å²) in [4.78, 5) is 10.3. The van der Waals surface area contributed by atoms with Gasteiger partial charge in [-0.15, -0.1) is 0 Å². The minimum atomic E-state index is -3.46. The zero-order valence-electron chi connectivity index (χ0n) is 11.3. The van der Waals surface area contributed by atoms with E-state index < -0.39 is 7.37 Å². The quantitative estimate of drug-likeness (QED) is 0.870. The molecule has 0 unspecified atom stereocenters. The van der Waals surface area contributed by atoms with Gasteiger partial charge in [-0.25, -0.2) is 0 Å². The van der Waals surface area contributed by atoms with E-state index in [-0.39, 0.29) is 0 Å². The molecular formula is C16H19O2P. The van der Waals surface area contributed by atoms with E-state index in [0.717, 1.165) is 12.8 Å². The molecule has 100 valence electrons. The SMILES string of the molecule is CCc1ccc(P(=O)(O)c2ccc(CC)cc2)cc1. The molecule has 0 saturated carbocycles. The van der Waals surface area contributed by atoms with Crippen LogP contribution in [-0.2, 0) is 17.4 Å². The lowest BCUT2D eigenvalue weighted by Gasteiger charge is -2.13. The highest BCUT2D eigenvalue weighted by Crippen LogP contribution is 2.38. The van der Waals surface area contributed by atoms with Crippen LogP contribution in [0.5, 0.6) is 0 Å². The van der Waals surface area contributed by atoms with E-state index in [4.69, 9.17) is 0 Å². The van der Waals surface area contributed by atoms with E-state index in [1.165, 1.54) is 11.1 Å². The van der Waals surface area contributed by atoms with E-state index in [1.54, 1.807) is 24.3 Å². The fourth-order valence-electron chi connectivity index (χ4n) is 2.02. The van der Waals surface area contributed by atoms with Crippen LogP contribution in [-0.4, -0.2) is 4.89 Å². The van der Waals surface area contributed by atoms with E-state index in [9.17, 15) is 9.46 Å². The van der Waals surface area contributed by atoms with Gasteiger partial charge in [0, 0.05) is 10.6 Å². The van der Waals surface area contributed by atoms with Crippen LogP contribution in [0.3, 0.4) is 0 Å². The molecule has 0 saturated heterocycles. The van der Waals surface area contributed by atoms with Crippen LogP contribution in [0, 0.1) is 0 Å². The predicted molar refractivity (Wildman–Crippen MR) is 80.7 cm³/mol. The summed E-state index contributed by atoms with van der Waals surface area (Å²) in [5.41, 5.74) is 2.34. The summed E-state index contributed by atoms with van der Waals surface area (Å²) in [6.45, 7) is 4.13. The Morgan fingerprint density at radius 3 is 1.37 bits per heavy atom. The molecule has 0 radical (unpaired) electrons. The summed E-state index contributed by atoms with van der Waals surface area (Å²) in [5, 5.41) is 0.989. The summed E-state index contributed by atoms with van der Waals surface area (Å²) in [7, 11) is -3.46. The Morgan fingerprint density at radius 1 is 0.789 bits per heavy atom.